The van der Waals surface area contributed by atoms with Crippen LogP contribution in [0.2, 0.25) is 4.34 Å². The highest BCUT2D eigenvalue weighted by molar-refractivity contribution is 7.15. The Kier molecular flexibility index (Phi) is 3.30. The van der Waals surface area contributed by atoms with Crippen molar-refractivity contribution in [2.45, 2.75) is 38.4 Å². The van der Waals surface area contributed by atoms with Gasteiger partial charge in [0.1, 0.15) is 9.34 Å². The molecule has 0 aromatic carbocycles. The molecule has 2 atom stereocenters. The molecule has 2 heterocycles. The molecule has 0 spiro atoms. The average Bonchev–Trinajstić information content (AvgIpc) is 2.71. The van der Waals surface area contributed by atoms with Crippen LogP contribution in [0, 0.1) is 0 Å². The Morgan fingerprint density at radius 2 is 2.40 bits per heavy atom. The lowest BCUT2D eigenvalue weighted by Crippen LogP contribution is -2.35. The van der Waals surface area contributed by atoms with E-state index in [1.54, 1.807) is 17.5 Å². The lowest BCUT2D eigenvalue weighted by Gasteiger charge is -2.28. The molecule has 2 N–H and O–H groups in total. The molecule has 84 valence electrons. The van der Waals surface area contributed by atoms with E-state index < -0.39 is 0 Å². The zero-order valence-corrected chi connectivity index (χ0v) is 10.6. The smallest absolute Gasteiger partial charge is 0.113 e. The van der Waals surface area contributed by atoms with Gasteiger partial charge in [-0.15, -0.1) is 11.3 Å². The molecule has 5 heteroatoms. The second-order valence-electron chi connectivity index (χ2n) is 4.23. The molecule has 0 aliphatic carbocycles. The average molecular weight is 246 g/mol. The third-order valence-corrected chi connectivity index (χ3v) is 4.08. The normalized spacial score (nSPS) is 27.8. The molecule has 15 heavy (non-hydrogen) atoms. The number of hydrogen-bond donors (Lipinski definition) is 1. The molecule has 1 aromatic rings. The topological polar surface area (TPSA) is 42.1 Å². The van der Waals surface area contributed by atoms with Gasteiger partial charge in [0.2, 0.25) is 0 Å². The number of rotatable bonds is 2. The molecule has 1 aromatic heterocycles. The minimum Gasteiger partial charge on any atom is -0.326 e. The van der Waals surface area contributed by atoms with Crippen LogP contribution in [0.25, 0.3) is 0 Å². The first-order valence-electron chi connectivity index (χ1n) is 5.22. The van der Waals surface area contributed by atoms with E-state index in [9.17, 15) is 0 Å². The largest absolute Gasteiger partial charge is 0.326 e. The van der Waals surface area contributed by atoms with Crippen LogP contribution >= 0.6 is 22.9 Å². The maximum absolute atomic E-state index is 6.13. The van der Waals surface area contributed by atoms with Gasteiger partial charge in [0.15, 0.2) is 0 Å². The van der Waals surface area contributed by atoms with Gasteiger partial charge in [0.05, 0.1) is 12.2 Å². The van der Waals surface area contributed by atoms with Crippen molar-refractivity contribution in [3.8, 4) is 0 Å². The van der Waals surface area contributed by atoms with Crippen molar-refractivity contribution in [2.24, 2.45) is 5.73 Å². The second-order valence-corrected chi connectivity index (χ2v) is 5.93. The summed E-state index contributed by atoms with van der Waals surface area (Å²) in [6.07, 6.45) is 2.76. The van der Waals surface area contributed by atoms with Gasteiger partial charge >= 0.3 is 0 Å². The van der Waals surface area contributed by atoms with Crippen LogP contribution in [0.5, 0.6) is 0 Å². The van der Waals surface area contributed by atoms with Gasteiger partial charge < -0.3 is 5.73 Å². The van der Waals surface area contributed by atoms with Crippen LogP contribution < -0.4 is 5.73 Å². The fourth-order valence-corrected chi connectivity index (χ4v) is 3.28. The third-order valence-electron chi connectivity index (χ3n) is 2.90. The van der Waals surface area contributed by atoms with Crippen molar-refractivity contribution >= 4 is 22.9 Å². The summed E-state index contributed by atoms with van der Waals surface area (Å²) in [5.41, 5.74) is 6.13. The first-order chi connectivity index (χ1) is 7.09. The molecule has 0 amide bonds. The van der Waals surface area contributed by atoms with Crippen LogP contribution in [-0.4, -0.2) is 28.5 Å². The highest BCUT2D eigenvalue weighted by Gasteiger charge is 2.36. The predicted molar refractivity (Wildman–Crippen MR) is 64.3 cm³/mol. The first-order valence-corrected chi connectivity index (χ1v) is 6.41. The van der Waals surface area contributed by atoms with Crippen molar-refractivity contribution in [1.29, 1.82) is 0 Å². The molecule has 1 aliphatic rings. The zero-order valence-electron chi connectivity index (χ0n) is 8.98. The van der Waals surface area contributed by atoms with E-state index in [1.165, 1.54) is 0 Å². The van der Waals surface area contributed by atoms with Gasteiger partial charge in [-0.1, -0.05) is 11.6 Å². The molecule has 1 aliphatic heterocycles. The van der Waals surface area contributed by atoms with E-state index in [0.29, 0.717) is 6.04 Å². The third kappa shape index (κ3) is 2.18. The number of aromatic nitrogens is 1. The highest BCUT2D eigenvalue weighted by Crippen LogP contribution is 2.35. The van der Waals surface area contributed by atoms with Crippen molar-refractivity contribution < 1.29 is 0 Å². The van der Waals surface area contributed by atoms with Gasteiger partial charge in [0, 0.05) is 18.6 Å². The Morgan fingerprint density at radius 1 is 1.67 bits per heavy atom. The summed E-state index contributed by atoms with van der Waals surface area (Å²) in [7, 11) is 0. The van der Waals surface area contributed by atoms with Crippen molar-refractivity contribution in [1.82, 2.24) is 9.88 Å². The van der Waals surface area contributed by atoms with Gasteiger partial charge in [-0.05, 0) is 20.3 Å². The van der Waals surface area contributed by atoms with Crippen LogP contribution in [0.1, 0.15) is 31.3 Å². The predicted octanol–water partition coefficient (Wildman–Crippen LogP) is 2.28. The molecule has 0 bridgehead atoms. The fraction of sp³-hybridized carbons (Fsp3) is 0.700. The summed E-state index contributed by atoms with van der Waals surface area (Å²) >= 11 is 7.45. The summed E-state index contributed by atoms with van der Waals surface area (Å²) in [5.74, 6) is 0. The lowest BCUT2D eigenvalue weighted by atomic mass is 10.1. The van der Waals surface area contributed by atoms with Crippen molar-refractivity contribution in [2.75, 3.05) is 6.54 Å². The summed E-state index contributed by atoms with van der Waals surface area (Å²) in [5, 5.41) is 1.05. The van der Waals surface area contributed by atoms with E-state index in [2.05, 4.69) is 23.7 Å². The molecule has 1 fully saturated rings. The lowest BCUT2D eigenvalue weighted by molar-refractivity contribution is 0.198. The Balaban J connectivity index is 2.24. The van der Waals surface area contributed by atoms with E-state index in [1.807, 2.05) is 0 Å². The Hall–Kier alpha value is -0.160. The van der Waals surface area contributed by atoms with Gasteiger partial charge in [-0.3, -0.25) is 4.90 Å². The number of halogens is 1. The van der Waals surface area contributed by atoms with Crippen LogP contribution in [0.3, 0.4) is 0 Å². The Morgan fingerprint density at radius 3 is 2.93 bits per heavy atom. The van der Waals surface area contributed by atoms with E-state index >= 15 is 0 Å². The summed E-state index contributed by atoms with van der Waals surface area (Å²) in [6.45, 7) is 5.45. The molecule has 3 nitrogen and oxygen atoms in total. The van der Waals surface area contributed by atoms with Crippen LogP contribution in [-0.2, 0) is 0 Å². The Labute approximate surface area is 99.2 Å². The number of nitrogens with zero attached hydrogens (tertiary/aromatic N) is 2. The van der Waals surface area contributed by atoms with Crippen molar-refractivity contribution in [3.63, 3.8) is 0 Å². The van der Waals surface area contributed by atoms with E-state index in [-0.39, 0.29) is 12.1 Å². The first kappa shape index (κ1) is 11.3. The Bertz CT molecular complexity index is 339. The maximum atomic E-state index is 6.13. The standard InChI is InChI=1S/C10H16ClN3S/c1-6(2)14-4-3-7(12)9(14)10-13-5-8(11)15-10/h5-7,9H,3-4,12H2,1-2H3. The quantitative estimate of drug-likeness (QED) is 0.869. The van der Waals surface area contributed by atoms with Crippen LogP contribution in [0.4, 0.5) is 0 Å². The van der Waals surface area contributed by atoms with E-state index in [4.69, 9.17) is 17.3 Å². The fourth-order valence-electron chi connectivity index (χ4n) is 2.15. The minimum absolute atomic E-state index is 0.189. The molecule has 2 rings (SSSR count). The second kappa shape index (κ2) is 4.37. The van der Waals surface area contributed by atoms with Gasteiger partial charge in [0.25, 0.3) is 0 Å². The molecule has 0 saturated carbocycles. The highest BCUT2D eigenvalue weighted by atomic mass is 35.5. The van der Waals surface area contributed by atoms with E-state index in [0.717, 1.165) is 22.3 Å². The summed E-state index contributed by atoms with van der Waals surface area (Å²) < 4.78 is 0.743. The number of nitrogens with two attached hydrogens (primary N) is 1. The van der Waals surface area contributed by atoms with Gasteiger partial charge in [-0.25, -0.2) is 4.98 Å². The molecular weight excluding hydrogens is 230 g/mol. The number of thiazole rings is 1. The van der Waals surface area contributed by atoms with Crippen LogP contribution in [0.15, 0.2) is 6.20 Å². The number of likely N-dealkylation sites (tertiary alicyclic amines) is 1. The molecule has 1 saturated heterocycles. The SMILES string of the molecule is CC(C)N1CCC(N)C1c1ncc(Cl)s1. The maximum Gasteiger partial charge on any atom is 0.113 e. The number of hydrogen-bond acceptors (Lipinski definition) is 4. The zero-order chi connectivity index (χ0) is 11.0. The van der Waals surface area contributed by atoms with Crippen molar-refractivity contribution in [3.05, 3.63) is 15.5 Å². The monoisotopic (exact) mass is 245 g/mol. The summed E-state index contributed by atoms with van der Waals surface area (Å²) in [4.78, 5) is 6.75. The molecular formula is C10H16ClN3S. The minimum atomic E-state index is 0.189. The summed E-state index contributed by atoms with van der Waals surface area (Å²) in [6, 6.07) is 0.948. The van der Waals surface area contributed by atoms with Gasteiger partial charge in [-0.2, -0.15) is 0 Å². The molecule has 2 unspecified atom stereocenters. The molecule has 0 radical (unpaired) electrons.